The molecule has 0 radical (unpaired) electrons. The number of carbonyl (C=O) groups is 1. The number of unbranched alkanes of at least 4 members (excludes halogenated alkanes) is 20. The van der Waals surface area contributed by atoms with Crippen LogP contribution in [0.15, 0.2) is 24.3 Å². The van der Waals surface area contributed by atoms with Crippen LogP contribution in [0.2, 0.25) is 0 Å². The standard InChI is InChI=1S/C34H65NO3/c1-3-5-7-9-11-13-15-16-17-18-19-20-22-24-26-28-30-34(38)35-32(31-36)33(37)29-27-25-23-21-14-12-10-8-6-4-2/h14,21,27,29,32-33,36-37H,3-13,15-20,22-26,28,30-31H2,1-2H3,(H,35,38)/b21-14+,29-27+. The van der Waals surface area contributed by atoms with E-state index in [9.17, 15) is 15.0 Å². The molecule has 4 nitrogen and oxygen atoms in total. The number of nitrogens with one attached hydrogen (secondary N) is 1. The summed E-state index contributed by atoms with van der Waals surface area (Å²) in [5.74, 6) is -0.0760. The number of aliphatic hydroxyl groups is 2. The first-order valence-corrected chi connectivity index (χ1v) is 16.6. The van der Waals surface area contributed by atoms with Crippen LogP contribution >= 0.6 is 0 Å². The minimum Gasteiger partial charge on any atom is -0.394 e. The van der Waals surface area contributed by atoms with Crippen LogP contribution in [0.5, 0.6) is 0 Å². The van der Waals surface area contributed by atoms with Gasteiger partial charge in [-0.1, -0.05) is 154 Å². The van der Waals surface area contributed by atoms with Gasteiger partial charge in [0.05, 0.1) is 18.8 Å². The van der Waals surface area contributed by atoms with Gasteiger partial charge in [-0.25, -0.2) is 0 Å². The van der Waals surface area contributed by atoms with Crippen molar-refractivity contribution in [3.63, 3.8) is 0 Å². The van der Waals surface area contributed by atoms with Crippen LogP contribution in [0.4, 0.5) is 0 Å². The number of hydrogen-bond donors (Lipinski definition) is 3. The second kappa shape index (κ2) is 30.4. The molecule has 2 unspecified atom stereocenters. The molecule has 224 valence electrons. The van der Waals surface area contributed by atoms with Crippen molar-refractivity contribution < 1.29 is 15.0 Å². The molecule has 0 aliphatic heterocycles. The van der Waals surface area contributed by atoms with E-state index in [1.54, 1.807) is 6.08 Å². The minimum absolute atomic E-state index is 0.0760. The molecule has 0 aliphatic rings. The summed E-state index contributed by atoms with van der Waals surface area (Å²) in [6, 6.07) is -0.631. The quantitative estimate of drug-likeness (QED) is 0.0660. The highest BCUT2D eigenvalue weighted by Crippen LogP contribution is 2.14. The van der Waals surface area contributed by atoms with Gasteiger partial charge in [0, 0.05) is 6.42 Å². The molecular weight excluding hydrogens is 470 g/mol. The predicted molar refractivity (Wildman–Crippen MR) is 165 cm³/mol. The highest BCUT2D eigenvalue weighted by atomic mass is 16.3. The molecule has 4 heteroatoms. The van der Waals surface area contributed by atoms with Gasteiger partial charge in [-0.2, -0.15) is 0 Å². The Bertz CT molecular complexity index is 546. The molecule has 0 spiro atoms. The molecule has 1 amide bonds. The summed E-state index contributed by atoms with van der Waals surface area (Å²) < 4.78 is 0. The van der Waals surface area contributed by atoms with Gasteiger partial charge < -0.3 is 15.5 Å². The normalized spacial score (nSPS) is 13.5. The summed E-state index contributed by atoms with van der Waals surface area (Å²) in [6.07, 6.45) is 36.8. The monoisotopic (exact) mass is 535 g/mol. The predicted octanol–water partition coefficient (Wildman–Crippen LogP) is 9.34. The average molecular weight is 536 g/mol. The maximum absolute atomic E-state index is 12.2. The molecule has 0 rings (SSSR count). The summed E-state index contributed by atoms with van der Waals surface area (Å²) in [4.78, 5) is 12.2. The van der Waals surface area contributed by atoms with Crippen molar-refractivity contribution in [1.29, 1.82) is 0 Å². The Morgan fingerprint density at radius 2 is 1.03 bits per heavy atom. The number of hydrogen-bond acceptors (Lipinski definition) is 3. The second-order valence-corrected chi connectivity index (χ2v) is 11.2. The zero-order chi connectivity index (χ0) is 27.9. The van der Waals surface area contributed by atoms with Crippen molar-refractivity contribution in [2.75, 3.05) is 6.61 Å². The first kappa shape index (κ1) is 36.9. The highest BCUT2D eigenvalue weighted by Gasteiger charge is 2.17. The van der Waals surface area contributed by atoms with Crippen LogP contribution in [0.3, 0.4) is 0 Å². The van der Waals surface area contributed by atoms with Crippen LogP contribution in [-0.4, -0.2) is 34.9 Å². The van der Waals surface area contributed by atoms with Crippen LogP contribution in [0.1, 0.15) is 168 Å². The topological polar surface area (TPSA) is 69.6 Å². The summed E-state index contributed by atoms with van der Waals surface area (Å²) in [6.45, 7) is 4.25. The lowest BCUT2D eigenvalue weighted by atomic mass is 10.0. The van der Waals surface area contributed by atoms with Crippen molar-refractivity contribution in [3.05, 3.63) is 24.3 Å². The van der Waals surface area contributed by atoms with Gasteiger partial charge >= 0.3 is 0 Å². The Morgan fingerprint density at radius 1 is 0.605 bits per heavy atom. The Kier molecular flexibility index (Phi) is 29.5. The van der Waals surface area contributed by atoms with Crippen molar-refractivity contribution >= 4 is 5.91 Å². The van der Waals surface area contributed by atoms with Crippen LogP contribution in [0.25, 0.3) is 0 Å². The lowest BCUT2D eigenvalue weighted by Gasteiger charge is -2.19. The SMILES string of the molecule is CCCCCC/C=C/CC/C=C/C(O)C(CO)NC(=O)CCCCCCCCCCCCCCCCCC. The van der Waals surface area contributed by atoms with Gasteiger partial charge in [-0.05, 0) is 32.1 Å². The summed E-state index contributed by atoms with van der Waals surface area (Å²) in [5.41, 5.74) is 0. The molecule has 0 fully saturated rings. The average Bonchev–Trinajstić information content (AvgIpc) is 2.92. The fraction of sp³-hybridized carbons (Fsp3) is 0.853. The van der Waals surface area contributed by atoms with E-state index in [1.807, 2.05) is 6.08 Å². The maximum atomic E-state index is 12.2. The van der Waals surface area contributed by atoms with Crippen molar-refractivity contribution in [2.45, 2.75) is 180 Å². The molecule has 0 bridgehead atoms. The van der Waals surface area contributed by atoms with Gasteiger partial charge in [0.2, 0.25) is 5.91 Å². The molecular formula is C34H65NO3. The summed E-state index contributed by atoms with van der Waals surface area (Å²) in [7, 11) is 0. The molecule has 0 aliphatic carbocycles. The molecule has 3 N–H and O–H groups in total. The number of rotatable bonds is 29. The van der Waals surface area contributed by atoms with E-state index in [2.05, 4.69) is 31.3 Å². The van der Waals surface area contributed by atoms with E-state index >= 15 is 0 Å². The number of allylic oxidation sites excluding steroid dienone is 3. The Labute approximate surface area is 237 Å². The minimum atomic E-state index is -0.854. The van der Waals surface area contributed by atoms with Gasteiger partial charge in [-0.3, -0.25) is 4.79 Å². The zero-order valence-corrected chi connectivity index (χ0v) is 25.4. The van der Waals surface area contributed by atoms with Gasteiger partial charge in [0.15, 0.2) is 0 Å². The molecule has 0 aromatic rings. The lowest BCUT2D eigenvalue weighted by Crippen LogP contribution is -2.45. The summed E-state index contributed by atoms with van der Waals surface area (Å²) >= 11 is 0. The number of amides is 1. The molecule has 0 saturated heterocycles. The third kappa shape index (κ3) is 26.5. The van der Waals surface area contributed by atoms with Crippen LogP contribution in [-0.2, 0) is 4.79 Å². The van der Waals surface area contributed by atoms with Gasteiger partial charge in [0.25, 0.3) is 0 Å². The second-order valence-electron chi connectivity index (χ2n) is 11.2. The van der Waals surface area contributed by atoms with Gasteiger partial charge in [0.1, 0.15) is 0 Å². The zero-order valence-electron chi connectivity index (χ0n) is 25.4. The maximum Gasteiger partial charge on any atom is 0.220 e. The van der Waals surface area contributed by atoms with Crippen molar-refractivity contribution in [3.8, 4) is 0 Å². The highest BCUT2D eigenvalue weighted by molar-refractivity contribution is 5.76. The van der Waals surface area contributed by atoms with Crippen molar-refractivity contribution in [2.24, 2.45) is 0 Å². The first-order chi connectivity index (χ1) is 18.7. The van der Waals surface area contributed by atoms with E-state index in [0.29, 0.717) is 6.42 Å². The Hall–Kier alpha value is -1.13. The van der Waals surface area contributed by atoms with E-state index in [0.717, 1.165) is 32.1 Å². The number of carbonyl (C=O) groups excluding carboxylic acids is 1. The van der Waals surface area contributed by atoms with E-state index < -0.39 is 12.1 Å². The molecule has 0 saturated carbocycles. The fourth-order valence-corrected chi connectivity index (χ4v) is 4.84. The van der Waals surface area contributed by atoms with E-state index in [1.165, 1.54) is 116 Å². The van der Waals surface area contributed by atoms with E-state index in [4.69, 9.17) is 0 Å². The fourth-order valence-electron chi connectivity index (χ4n) is 4.84. The molecule has 0 heterocycles. The molecule has 0 aromatic heterocycles. The van der Waals surface area contributed by atoms with Crippen molar-refractivity contribution in [1.82, 2.24) is 5.32 Å². The summed E-state index contributed by atoms with van der Waals surface area (Å²) in [5, 5.41) is 22.7. The molecule has 38 heavy (non-hydrogen) atoms. The van der Waals surface area contributed by atoms with Crippen LogP contribution in [0, 0.1) is 0 Å². The third-order valence-electron chi connectivity index (χ3n) is 7.44. The largest absolute Gasteiger partial charge is 0.394 e. The molecule has 2 atom stereocenters. The lowest BCUT2D eigenvalue weighted by molar-refractivity contribution is -0.123. The first-order valence-electron chi connectivity index (χ1n) is 16.6. The number of aliphatic hydroxyl groups excluding tert-OH is 2. The van der Waals surface area contributed by atoms with E-state index in [-0.39, 0.29) is 12.5 Å². The third-order valence-corrected chi connectivity index (χ3v) is 7.44. The Morgan fingerprint density at radius 3 is 1.53 bits per heavy atom. The Balaban J connectivity index is 3.64. The van der Waals surface area contributed by atoms with Crippen LogP contribution < -0.4 is 5.32 Å². The van der Waals surface area contributed by atoms with Gasteiger partial charge in [-0.15, -0.1) is 0 Å². The smallest absolute Gasteiger partial charge is 0.220 e. The molecule has 0 aromatic carbocycles.